The van der Waals surface area contributed by atoms with Crippen molar-refractivity contribution in [3.63, 3.8) is 0 Å². The Balaban J connectivity index is 2.75. The van der Waals surface area contributed by atoms with Gasteiger partial charge >= 0.3 is 0 Å². The number of hydrogen-bond donors (Lipinski definition) is 1. The summed E-state index contributed by atoms with van der Waals surface area (Å²) in [6.45, 7) is 2.79. The van der Waals surface area contributed by atoms with E-state index in [4.69, 9.17) is 5.26 Å². The van der Waals surface area contributed by atoms with E-state index in [1.807, 2.05) is 20.2 Å². The van der Waals surface area contributed by atoms with Crippen LogP contribution in [-0.2, 0) is 0 Å². The van der Waals surface area contributed by atoms with Crippen molar-refractivity contribution >= 4 is 11.4 Å². The Morgan fingerprint density at radius 3 is 2.73 bits per heavy atom. The van der Waals surface area contributed by atoms with Gasteiger partial charge in [-0.15, -0.1) is 0 Å². The van der Waals surface area contributed by atoms with Gasteiger partial charge in [0.15, 0.2) is 0 Å². The van der Waals surface area contributed by atoms with E-state index in [0.717, 1.165) is 5.69 Å². The Labute approximate surface area is 91.3 Å². The van der Waals surface area contributed by atoms with Crippen molar-refractivity contribution < 1.29 is 0 Å². The highest BCUT2D eigenvalue weighted by atomic mass is 15.1. The van der Waals surface area contributed by atoms with E-state index in [1.54, 1.807) is 0 Å². The highest BCUT2D eigenvalue weighted by Gasteiger charge is 2.01. The molecule has 1 aromatic carbocycles. The zero-order chi connectivity index (χ0) is 11.3. The van der Waals surface area contributed by atoms with Crippen LogP contribution < -0.4 is 10.2 Å². The molecule has 0 saturated heterocycles. The molecule has 0 spiro atoms. The molecule has 0 aromatic heterocycles. The Hall–Kier alpha value is -1.69. The lowest BCUT2D eigenvalue weighted by Gasteiger charge is -2.17. The third kappa shape index (κ3) is 3.17. The first-order valence-electron chi connectivity index (χ1n) is 5.04. The van der Waals surface area contributed by atoms with Crippen LogP contribution >= 0.6 is 0 Å². The van der Waals surface area contributed by atoms with Crippen molar-refractivity contribution in [3.8, 4) is 6.07 Å². The summed E-state index contributed by atoms with van der Waals surface area (Å²) < 4.78 is 0. The molecule has 3 nitrogen and oxygen atoms in total. The van der Waals surface area contributed by atoms with E-state index in [1.165, 1.54) is 11.3 Å². The molecule has 0 aliphatic rings. The first kappa shape index (κ1) is 11.4. The average Bonchev–Trinajstić information content (AvgIpc) is 2.20. The summed E-state index contributed by atoms with van der Waals surface area (Å²) in [5, 5.41) is 11.7. The van der Waals surface area contributed by atoms with E-state index in [-0.39, 0.29) is 0 Å². The number of nitriles is 1. The molecule has 0 fully saturated rings. The van der Waals surface area contributed by atoms with Crippen molar-refractivity contribution in [2.24, 2.45) is 0 Å². The van der Waals surface area contributed by atoms with Crippen LogP contribution in [0, 0.1) is 18.3 Å². The quantitative estimate of drug-likeness (QED) is 0.764. The Morgan fingerprint density at radius 1 is 1.40 bits per heavy atom. The smallest absolute Gasteiger partial charge is 0.0640 e. The topological polar surface area (TPSA) is 39.1 Å². The van der Waals surface area contributed by atoms with E-state index in [9.17, 15) is 0 Å². The molecular formula is C12H17N3. The minimum absolute atomic E-state index is 0.533. The van der Waals surface area contributed by atoms with Crippen LogP contribution in [0.1, 0.15) is 12.0 Å². The number of nitrogens with zero attached hydrogens (tertiary/aromatic N) is 2. The molecule has 0 radical (unpaired) electrons. The summed E-state index contributed by atoms with van der Waals surface area (Å²) in [4.78, 5) is 2.09. The summed E-state index contributed by atoms with van der Waals surface area (Å²) in [5.74, 6) is 0. The zero-order valence-electron chi connectivity index (χ0n) is 9.54. The Bertz CT molecular complexity index is 364. The third-order valence-corrected chi connectivity index (χ3v) is 2.26. The summed E-state index contributed by atoms with van der Waals surface area (Å²) in [6, 6.07) is 8.35. The summed E-state index contributed by atoms with van der Waals surface area (Å²) in [5.41, 5.74) is 3.53. The largest absolute Gasteiger partial charge is 0.384 e. The van der Waals surface area contributed by atoms with Crippen molar-refractivity contribution in [3.05, 3.63) is 23.8 Å². The van der Waals surface area contributed by atoms with Crippen LogP contribution in [0.5, 0.6) is 0 Å². The van der Waals surface area contributed by atoms with Crippen LogP contribution in [0.3, 0.4) is 0 Å². The highest BCUT2D eigenvalue weighted by molar-refractivity contribution is 5.61. The average molecular weight is 203 g/mol. The van der Waals surface area contributed by atoms with Crippen LogP contribution in [0.25, 0.3) is 0 Å². The van der Waals surface area contributed by atoms with Gasteiger partial charge in [0.2, 0.25) is 0 Å². The molecule has 80 valence electrons. The van der Waals surface area contributed by atoms with Crippen LogP contribution in [0.2, 0.25) is 0 Å². The van der Waals surface area contributed by atoms with Crippen molar-refractivity contribution in [1.82, 2.24) is 0 Å². The molecule has 0 aliphatic heterocycles. The van der Waals surface area contributed by atoms with Crippen molar-refractivity contribution in [1.29, 1.82) is 5.26 Å². The van der Waals surface area contributed by atoms with Crippen molar-refractivity contribution in [2.75, 3.05) is 30.9 Å². The predicted molar refractivity (Wildman–Crippen MR) is 64.2 cm³/mol. The second-order valence-corrected chi connectivity index (χ2v) is 3.73. The molecule has 0 aliphatic carbocycles. The Kier molecular flexibility index (Phi) is 3.99. The minimum Gasteiger partial charge on any atom is -0.384 e. The molecule has 0 saturated carbocycles. The standard InChI is InChI=1S/C12H17N3/c1-10-5-6-11(14-8-4-7-13)9-12(10)15(2)3/h5-6,9,14H,4,8H2,1-3H3. The van der Waals surface area contributed by atoms with Crippen LogP contribution in [-0.4, -0.2) is 20.6 Å². The molecule has 0 bridgehead atoms. The molecule has 1 aromatic rings. The second kappa shape index (κ2) is 5.26. The fraction of sp³-hybridized carbons (Fsp3) is 0.417. The van der Waals surface area contributed by atoms with Gasteiger partial charge in [0.1, 0.15) is 0 Å². The molecule has 3 heteroatoms. The second-order valence-electron chi connectivity index (χ2n) is 3.73. The number of aryl methyl sites for hydroxylation is 1. The zero-order valence-corrected chi connectivity index (χ0v) is 9.54. The lowest BCUT2D eigenvalue weighted by atomic mass is 10.1. The Morgan fingerprint density at radius 2 is 2.13 bits per heavy atom. The lowest BCUT2D eigenvalue weighted by Crippen LogP contribution is -2.11. The van der Waals surface area contributed by atoms with Gasteiger partial charge in [0, 0.05) is 32.0 Å². The number of anilines is 2. The van der Waals surface area contributed by atoms with E-state index in [0.29, 0.717) is 13.0 Å². The van der Waals surface area contributed by atoms with Gasteiger partial charge in [-0.25, -0.2) is 0 Å². The predicted octanol–water partition coefficient (Wildman–Crippen LogP) is 2.39. The van der Waals surface area contributed by atoms with Gasteiger partial charge in [-0.3, -0.25) is 0 Å². The normalized spacial score (nSPS) is 9.47. The SMILES string of the molecule is Cc1ccc(NCCC#N)cc1N(C)C. The number of nitrogens with one attached hydrogen (secondary N) is 1. The number of hydrogen-bond acceptors (Lipinski definition) is 3. The highest BCUT2D eigenvalue weighted by Crippen LogP contribution is 2.22. The molecule has 1 N–H and O–H groups in total. The fourth-order valence-electron chi connectivity index (χ4n) is 1.46. The molecule has 0 unspecified atom stereocenters. The van der Waals surface area contributed by atoms with E-state index >= 15 is 0 Å². The maximum absolute atomic E-state index is 8.43. The number of benzene rings is 1. The maximum Gasteiger partial charge on any atom is 0.0640 e. The van der Waals surface area contributed by atoms with Gasteiger partial charge in [-0.2, -0.15) is 5.26 Å². The molecule has 1 rings (SSSR count). The maximum atomic E-state index is 8.43. The first-order valence-corrected chi connectivity index (χ1v) is 5.04. The molecule has 0 amide bonds. The third-order valence-electron chi connectivity index (χ3n) is 2.26. The van der Waals surface area contributed by atoms with Crippen LogP contribution in [0.4, 0.5) is 11.4 Å². The monoisotopic (exact) mass is 203 g/mol. The first-order chi connectivity index (χ1) is 7.15. The lowest BCUT2D eigenvalue weighted by molar-refractivity contribution is 1.07. The van der Waals surface area contributed by atoms with Gasteiger partial charge in [-0.05, 0) is 24.6 Å². The summed E-state index contributed by atoms with van der Waals surface area (Å²) in [6.07, 6.45) is 0.533. The summed E-state index contributed by atoms with van der Waals surface area (Å²) in [7, 11) is 4.06. The van der Waals surface area contributed by atoms with Crippen LogP contribution in [0.15, 0.2) is 18.2 Å². The van der Waals surface area contributed by atoms with Gasteiger partial charge in [-0.1, -0.05) is 6.07 Å². The van der Waals surface area contributed by atoms with Gasteiger partial charge in [0.25, 0.3) is 0 Å². The molecule has 0 heterocycles. The fourth-order valence-corrected chi connectivity index (χ4v) is 1.46. The summed E-state index contributed by atoms with van der Waals surface area (Å²) >= 11 is 0. The van der Waals surface area contributed by atoms with Gasteiger partial charge in [0.05, 0.1) is 12.5 Å². The molecule has 15 heavy (non-hydrogen) atoms. The van der Waals surface area contributed by atoms with Gasteiger partial charge < -0.3 is 10.2 Å². The molecule has 0 atom stereocenters. The van der Waals surface area contributed by atoms with E-state index in [2.05, 4.69) is 35.3 Å². The molecular weight excluding hydrogens is 186 g/mol. The van der Waals surface area contributed by atoms with Crippen molar-refractivity contribution in [2.45, 2.75) is 13.3 Å². The number of rotatable bonds is 4. The van der Waals surface area contributed by atoms with E-state index < -0.39 is 0 Å². The minimum atomic E-state index is 0.533.